The molecule has 0 saturated carbocycles. The lowest BCUT2D eigenvalue weighted by molar-refractivity contribution is 0.414. The van der Waals surface area contributed by atoms with Crippen molar-refractivity contribution in [3.05, 3.63) is 46.8 Å². The normalized spacial score (nSPS) is 10.5. The Morgan fingerprint density at radius 1 is 1.25 bits per heavy atom. The monoisotopic (exact) mass is 302 g/mol. The minimum absolute atomic E-state index is 0.867. The number of benzene rings is 1. The molecule has 20 heavy (non-hydrogen) atoms. The van der Waals surface area contributed by atoms with Crippen molar-refractivity contribution < 1.29 is 4.74 Å². The van der Waals surface area contributed by atoms with E-state index >= 15 is 0 Å². The molecule has 0 aliphatic heterocycles. The van der Waals surface area contributed by atoms with E-state index < -0.39 is 0 Å². The fourth-order valence-corrected chi connectivity index (χ4v) is 3.44. The first kappa shape index (κ1) is 13.1. The molecule has 0 aliphatic rings. The van der Waals surface area contributed by atoms with Gasteiger partial charge in [-0.15, -0.1) is 0 Å². The number of aryl methyl sites for hydroxylation is 1. The van der Waals surface area contributed by atoms with Gasteiger partial charge in [-0.25, -0.2) is 4.98 Å². The fourth-order valence-electron chi connectivity index (χ4n) is 1.89. The maximum Gasteiger partial charge on any atom is 0.187 e. The maximum atomic E-state index is 5.21. The minimum atomic E-state index is 0.867. The average molecular weight is 302 g/mol. The minimum Gasteiger partial charge on any atom is -0.497 e. The van der Waals surface area contributed by atoms with E-state index in [9.17, 15) is 0 Å². The Hall–Kier alpha value is -1.85. The summed E-state index contributed by atoms with van der Waals surface area (Å²) in [5.41, 5.74) is 3.42. The molecule has 1 N–H and O–H groups in total. The molecule has 1 aromatic carbocycles. The van der Waals surface area contributed by atoms with Crippen LogP contribution in [0.4, 0.5) is 10.8 Å². The smallest absolute Gasteiger partial charge is 0.187 e. The molecule has 0 saturated heterocycles. The predicted molar refractivity (Wildman–Crippen MR) is 86.4 cm³/mol. The van der Waals surface area contributed by atoms with Gasteiger partial charge in [-0.05, 0) is 47.5 Å². The number of thiophene rings is 1. The summed E-state index contributed by atoms with van der Waals surface area (Å²) in [5.74, 6) is 0.867. The van der Waals surface area contributed by atoms with Crippen LogP contribution in [0.1, 0.15) is 5.56 Å². The molecule has 0 aliphatic carbocycles. The molecule has 102 valence electrons. The summed E-state index contributed by atoms with van der Waals surface area (Å²) in [4.78, 5) is 5.61. The number of aromatic nitrogens is 1. The van der Waals surface area contributed by atoms with Crippen LogP contribution in [0.25, 0.3) is 10.4 Å². The lowest BCUT2D eigenvalue weighted by atomic mass is 10.2. The zero-order chi connectivity index (χ0) is 13.9. The summed E-state index contributed by atoms with van der Waals surface area (Å²) in [7, 11) is 1.68. The van der Waals surface area contributed by atoms with Gasteiger partial charge in [0.2, 0.25) is 0 Å². The molecule has 0 fully saturated rings. The van der Waals surface area contributed by atoms with Gasteiger partial charge in [0.1, 0.15) is 5.75 Å². The van der Waals surface area contributed by atoms with E-state index in [1.165, 1.54) is 10.4 Å². The Labute approximate surface area is 125 Å². The van der Waals surface area contributed by atoms with E-state index in [0.29, 0.717) is 0 Å². The molecule has 0 unspecified atom stereocenters. The van der Waals surface area contributed by atoms with Gasteiger partial charge < -0.3 is 10.1 Å². The number of hydrogen-bond donors (Lipinski definition) is 1. The molecule has 3 aromatic rings. The Morgan fingerprint density at radius 3 is 2.85 bits per heavy atom. The van der Waals surface area contributed by atoms with Crippen LogP contribution in [-0.2, 0) is 0 Å². The molecule has 3 nitrogen and oxygen atoms in total. The third-order valence-corrected chi connectivity index (χ3v) is 4.63. The number of nitrogens with zero attached hydrogens (tertiary/aromatic N) is 1. The van der Waals surface area contributed by atoms with Crippen LogP contribution in [0.3, 0.4) is 0 Å². The molecular weight excluding hydrogens is 288 g/mol. The van der Waals surface area contributed by atoms with Crippen LogP contribution >= 0.6 is 22.7 Å². The number of ether oxygens (including phenoxy) is 1. The van der Waals surface area contributed by atoms with Crippen molar-refractivity contribution in [2.75, 3.05) is 12.4 Å². The van der Waals surface area contributed by atoms with Crippen molar-refractivity contribution in [3.8, 4) is 16.2 Å². The van der Waals surface area contributed by atoms with E-state index in [1.807, 2.05) is 24.4 Å². The molecule has 0 radical (unpaired) electrons. The average Bonchev–Trinajstić information content (AvgIpc) is 3.11. The largest absolute Gasteiger partial charge is 0.497 e. The molecule has 3 rings (SSSR count). The third-order valence-electron chi connectivity index (χ3n) is 2.99. The summed E-state index contributed by atoms with van der Waals surface area (Å²) in [6.07, 6.45) is 1.91. The van der Waals surface area contributed by atoms with Crippen molar-refractivity contribution in [2.24, 2.45) is 0 Å². The zero-order valence-electron chi connectivity index (χ0n) is 11.2. The highest BCUT2D eigenvalue weighted by molar-refractivity contribution is 7.19. The van der Waals surface area contributed by atoms with Gasteiger partial charge in [-0.1, -0.05) is 11.3 Å². The summed E-state index contributed by atoms with van der Waals surface area (Å²) in [5, 5.41) is 8.48. The highest BCUT2D eigenvalue weighted by atomic mass is 32.1. The summed E-state index contributed by atoms with van der Waals surface area (Å²) < 4.78 is 5.21. The number of methoxy groups -OCH3 is 1. The Kier molecular flexibility index (Phi) is 3.71. The topological polar surface area (TPSA) is 34.1 Å². The number of thiazole rings is 1. The van der Waals surface area contributed by atoms with E-state index in [2.05, 4.69) is 34.1 Å². The number of rotatable bonds is 4. The van der Waals surface area contributed by atoms with Crippen molar-refractivity contribution in [2.45, 2.75) is 6.92 Å². The number of anilines is 2. The van der Waals surface area contributed by atoms with E-state index in [-0.39, 0.29) is 0 Å². The van der Waals surface area contributed by atoms with Gasteiger partial charge in [0.05, 0.1) is 12.0 Å². The second kappa shape index (κ2) is 5.64. The Morgan fingerprint density at radius 2 is 2.15 bits per heavy atom. The highest BCUT2D eigenvalue weighted by Gasteiger charge is 2.07. The molecule has 0 amide bonds. The molecule has 0 spiro atoms. The first-order valence-electron chi connectivity index (χ1n) is 6.16. The van der Waals surface area contributed by atoms with Gasteiger partial charge in [0, 0.05) is 17.4 Å². The second-order valence-electron chi connectivity index (χ2n) is 4.35. The van der Waals surface area contributed by atoms with Gasteiger partial charge in [-0.3, -0.25) is 0 Å². The Balaban J connectivity index is 1.81. The molecule has 5 heteroatoms. The van der Waals surface area contributed by atoms with Gasteiger partial charge in [-0.2, -0.15) is 11.3 Å². The Bertz CT molecular complexity index is 704. The van der Waals surface area contributed by atoms with E-state index in [4.69, 9.17) is 4.74 Å². The van der Waals surface area contributed by atoms with Crippen molar-refractivity contribution >= 4 is 33.5 Å². The van der Waals surface area contributed by atoms with Crippen molar-refractivity contribution in [1.82, 2.24) is 4.98 Å². The molecule has 2 heterocycles. The standard InChI is InChI=1S/C15H14N2OS2/c1-10-7-12(18-2)3-4-13(10)17-15-16-8-14(20-15)11-5-6-19-9-11/h3-9H,1-2H3,(H,16,17). The molecule has 2 aromatic heterocycles. The van der Waals surface area contributed by atoms with Crippen molar-refractivity contribution in [3.63, 3.8) is 0 Å². The van der Waals surface area contributed by atoms with Crippen molar-refractivity contribution in [1.29, 1.82) is 0 Å². The van der Waals surface area contributed by atoms with Crippen LogP contribution < -0.4 is 10.1 Å². The SMILES string of the molecule is COc1ccc(Nc2ncc(-c3ccsc3)s2)c(C)c1. The lowest BCUT2D eigenvalue weighted by Gasteiger charge is -2.08. The van der Waals surface area contributed by atoms with Crippen LogP contribution in [0, 0.1) is 6.92 Å². The fraction of sp³-hybridized carbons (Fsp3) is 0.133. The maximum absolute atomic E-state index is 5.21. The quantitative estimate of drug-likeness (QED) is 0.742. The first-order valence-corrected chi connectivity index (χ1v) is 7.92. The first-order chi connectivity index (χ1) is 9.76. The van der Waals surface area contributed by atoms with Gasteiger partial charge in [0.25, 0.3) is 0 Å². The van der Waals surface area contributed by atoms with Gasteiger partial charge >= 0.3 is 0 Å². The van der Waals surface area contributed by atoms with Crippen LogP contribution in [0.5, 0.6) is 5.75 Å². The summed E-state index contributed by atoms with van der Waals surface area (Å²) in [6, 6.07) is 8.08. The predicted octanol–water partition coefficient (Wildman–Crippen LogP) is 4.93. The van der Waals surface area contributed by atoms with Crippen LogP contribution in [-0.4, -0.2) is 12.1 Å². The van der Waals surface area contributed by atoms with Crippen LogP contribution in [0.15, 0.2) is 41.2 Å². The summed E-state index contributed by atoms with van der Waals surface area (Å²) >= 11 is 3.36. The summed E-state index contributed by atoms with van der Waals surface area (Å²) in [6.45, 7) is 2.05. The molecule has 0 bridgehead atoms. The molecule has 0 atom stereocenters. The number of nitrogens with one attached hydrogen (secondary N) is 1. The van der Waals surface area contributed by atoms with Gasteiger partial charge in [0.15, 0.2) is 5.13 Å². The van der Waals surface area contributed by atoms with Crippen LogP contribution in [0.2, 0.25) is 0 Å². The highest BCUT2D eigenvalue weighted by Crippen LogP contribution is 2.33. The van der Waals surface area contributed by atoms with E-state index in [0.717, 1.165) is 22.1 Å². The molecular formula is C15H14N2OS2. The third kappa shape index (κ3) is 2.69. The second-order valence-corrected chi connectivity index (χ2v) is 6.16. The lowest BCUT2D eigenvalue weighted by Crippen LogP contribution is -1.93. The zero-order valence-corrected chi connectivity index (χ0v) is 12.8. The van der Waals surface area contributed by atoms with E-state index in [1.54, 1.807) is 29.8 Å². The number of hydrogen-bond acceptors (Lipinski definition) is 5.